The Kier molecular flexibility index (Phi) is 9.90. The summed E-state index contributed by atoms with van der Waals surface area (Å²) in [6, 6.07) is 16.5. The van der Waals surface area contributed by atoms with E-state index in [2.05, 4.69) is 15.8 Å². The first-order valence-electron chi connectivity index (χ1n) is 12.1. The molecule has 12 heteroatoms. The molecule has 39 heavy (non-hydrogen) atoms. The SMILES string of the molecule is NC(=O)C(CCC(=O)O)NC(=O)C(CC(=O)O)NC(=O)CCc1cc(-c2ccc(-c3ccccc3)cc2)no1. The van der Waals surface area contributed by atoms with Gasteiger partial charge in [0.15, 0.2) is 0 Å². The number of nitrogens with one attached hydrogen (secondary N) is 2. The predicted octanol–water partition coefficient (Wildman–Crippen LogP) is 1.74. The highest BCUT2D eigenvalue weighted by atomic mass is 16.5. The van der Waals surface area contributed by atoms with Crippen molar-refractivity contribution in [3.63, 3.8) is 0 Å². The zero-order chi connectivity index (χ0) is 28.4. The lowest BCUT2D eigenvalue weighted by atomic mass is 10.0. The van der Waals surface area contributed by atoms with E-state index in [9.17, 15) is 24.0 Å². The number of aromatic nitrogens is 1. The minimum atomic E-state index is -1.50. The number of carbonyl (C=O) groups excluding carboxylic acids is 3. The van der Waals surface area contributed by atoms with Crippen molar-refractivity contribution in [3.8, 4) is 22.4 Å². The molecule has 3 amide bonds. The van der Waals surface area contributed by atoms with Gasteiger partial charge in [-0.25, -0.2) is 0 Å². The summed E-state index contributed by atoms with van der Waals surface area (Å²) >= 11 is 0. The van der Waals surface area contributed by atoms with Crippen molar-refractivity contribution in [2.75, 3.05) is 0 Å². The summed E-state index contributed by atoms with van der Waals surface area (Å²) < 4.78 is 5.32. The van der Waals surface area contributed by atoms with E-state index in [1.54, 1.807) is 6.07 Å². The Morgan fingerprint density at radius 1 is 0.821 bits per heavy atom. The molecule has 3 aromatic rings. The van der Waals surface area contributed by atoms with Crippen molar-refractivity contribution in [2.24, 2.45) is 5.73 Å². The van der Waals surface area contributed by atoms with E-state index in [1.807, 2.05) is 54.6 Å². The fourth-order valence-corrected chi connectivity index (χ4v) is 3.74. The standard InChI is InChI=1S/C27H28N4O8/c28-26(37)20(11-13-24(33)34)30-27(38)22(15-25(35)36)29-23(32)12-10-19-14-21(31-39-19)18-8-6-17(7-9-18)16-4-2-1-3-5-16/h1-9,14,20,22H,10-13,15H2,(H2,28,37)(H,29,32)(H,30,38)(H,33,34)(H,35,36). The van der Waals surface area contributed by atoms with Gasteiger partial charge in [0.2, 0.25) is 17.7 Å². The van der Waals surface area contributed by atoms with Gasteiger partial charge >= 0.3 is 11.9 Å². The Bertz CT molecular complexity index is 1320. The summed E-state index contributed by atoms with van der Waals surface area (Å²) in [7, 11) is 0. The summed E-state index contributed by atoms with van der Waals surface area (Å²) in [6.07, 6.45) is -1.49. The zero-order valence-corrected chi connectivity index (χ0v) is 20.8. The molecule has 0 radical (unpaired) electrons. The maximum Gasteiger partial charge on any atom is 0.305 e. The monoisotopic (exact) mass is 536 g/mol. The van der Waals surface area contributed by atoms with Crippen LogP contribution in [0.3, 0.4) is 0 Å². The van der Waals surface area contributed by atoms with E-state index in [0.717, 1.165) is 16.7 Å². The summed E-state index contributed by atoms with van der Waals surface area (Å²) in [4.78, 5) is 58.6. The molecule has 2 aromatic carbocycles. The van der Waals surface area contributed by atoms with Gasteiger partial charge in [0.1, 0.15) is 23.5 Å². The number of carboxylic acid groups (broad SMARTS) is 2. The van der Waals surface area contributed by atoms with Crippen molar-refractivity contribution in [1.82, 2.24) is 15.8 Å². The molecule has 0 aliphatic rings. The van der Waals surface area contributed by atoms with Crippen LogP contribution in [0.25, 0.3) is 22.4 Å². The molecule has 0 aliphatic carbocycles. The van der Waals surface area contributed by atoms with Gasteiger partial charge in [-0.2, -0.15) is 0 Å². The lowest BCUT2D eigenvalue weighted by Gasteiger charge is -2.20. The number of hydrogen-bond acceptors (Lipinski definition) is 7. The highest BCUT2D eigenvalue weighted by Crippen LogP contribution is 2.25. The Morgan fingerprint density at radius 3 is 2.08 bits per heavy atom. The average Bonchev–Trinajstić information content (AvgIpc) is 3.38. The first kappa shape index (κ1) is 28.6. The van der Waals surface area contributed by atoms with Crippen LogP contribution in [0, 0.1) is 0 Å². The molecule has 12 nitrogen and oxygen atoms in total. The third-order valence-corrected chi connectivity index (χ3v) is 5.78. The van der Waals surface area contributed by atoms with Crippen molar-refractivity contribution >= 4 is 29.7 Å². The normalized spacial score (nSPS) is 12.2. The largest absolute Gasteiger partial charge is 0.481 e. The van der Waals surface area contributed by atoms with Crippen LogP contribution in [0.15, 0.2) is 65.2 Å². The predicted molar refractivity (Wildman–Crippen MR) is 138 cm³/mol. The number of aryl methyl sites for hydroxylation is 1. The smallest absolute Gasteiger partial charge is 0.305 e. The third kappa shape index (κ3) is 8.81. The minimum Gasteiger partial charge on any atom is -0.481 e. The van der Waals surface area contributed by atoms with E-state index in [0.29, 0.717) is 11.5 Å². The maximum atomic E-state index is 12.5. The molecule has 204 valence electrons. The van der Waals surface area contributed by atoms with Crippen LogP contribution < -0.4 is 16.4 Å². The summed E-state index contributed by atoms with van der Waals surface area (Å²) in [5, 5.41) is 26.5. The van der Waals surface area contributed by atoms with E-state index < -0.39 is 54.6 Å². The number of rotatable bonds is 14. The summed E-state index contributed by atoms with van der Waals surface area (Å²) in [5.74, 6) is -4.75. The number of aliphatic carboxylic acids is 2. The number of primary amides is 1. The third-order valence-electron chi connectivity index (χ3n) is 5.78. The number of carbonyl (C=O) groups is 5. The fraction of sp³-hybridized carbons (Fsp3) is 0.259. The molecule has 3 rings (SSSR count). The molecule has 1 heterocycles. The van der Waals surface area contributed by atoms with Gasteiger partial charge in [-0.3, -0.25) is 24.0 Å². The summed E-state index contributed by atoms with van der Waals surface area (Å²) in [5.41, 5.74) is 8.72. The maximum absolute atomic E-state index is 12.5. The second-order valence-electron chi connectivity index (χ2n) is 8.74. The molecule has 2 atom stereocenters. The van der Waals surface area contributed by atoms with E-state index in [4.69, 9.17) is 20.5 Å². The number of nitrogens with two attached hydrogens (primary N) is 1. The van der Waals surface area contributed by atoms with Gasteiger partial charge in [0.25, 0.3) is 0 Å². The second kappa shape index (κ2) is 13.5. The molecule has 0 bridgehead atoms. The first-order chi connectivity index (χ1) is 18.6. The number of carboxylic acids is 2. The molecular weight excluding hydrogens is 508 g/mol. The number of nitrogens with zero attached hydrogens (tertiary/aromatic N) is 1. The van der Waals surface area contributed by atoms with Crippen LogP contribution in [-0.2, 0) is 30.4 Å². The van der Waals surface area contributed by atoms with Crippen LogP contribution in [0.2, 0.25) is 0 Å². The van der Waals surface area contributed by atoms with Crippen LogP contribution in [-0.4, -0.2) is 57.1 Å². The minimum absolute atomic E-state index is 0.130. The molecule has 1 aromatic heterocycles. The Morgan fingerprint density at radius 2 is 1.46 bits per heavy atom. The van der Waals surface area contributed by atoms with E-state index >= 15 is 0 Å². The van der Waals surface area contributed by atoms with Crippen LogP contribution in [0.1, 0.15) is 31.4 Å². The van der Waals surface area contributed by atoms with Crippen molar-refractivity contribution in [3.05, 3.63) is 66.4 Å². The van der Waals surface area contributed by atoms with Crippen molar-refractivity contribution < 1.29 is 38.7 Å². The Labute approximate surface area is 223 Å². The van der Waals surface area contributed by atoms with Gasteiger partial charge < -0.3 is 31.1 Å². The topological polar surface area (TPSA) is 202 Å². The van der Waals surface area contributed by atoms with E-state index in [1.165, 1.54) is 0 Å². The highest BCUT2D eigenvalue weighted by Gasteiger charge is 2.28. The van der Waals surface area contributed by atoms with Gasteiger partial charge in [0, 0.05) is 30.9 Å². The van der Waals surface area contributed by atoms with Crippen LogP contribution in [0.5, 0.6) is 0 Å². The van der Waals surface area contributed by atoms with Gasteiger partial charge in [-0.1, -0.05) is 59.8 Å². The highest BCUT2D eigenvalue weighted by molar-refractivity contribution is 5.93. The molecule has 6 N–H and O–H groups in total. The molecule has 0 saturated carbocycles. The Hall–Kier alpha value is -5.00. The van der Waals surface area contributed by atoms with Crippen LogP contribution >= 0.6 is 0 Å². The second-order valence-corrected chi connectivity index (χ2v) is 8.74. The van der Waals surface area contributed by atoms with Crippen LogP contribution in [0.4, 0.5) is 0 Å². The molecule has 2 unspecified atom stereocenters. The average molecular weight is 537 g/mol. The fourth-order valence-electron chi connectivity index (χ4n) is 3.74. The lowest BCUT2D eigenvalue weighted by Crippen LogP contribution is -2.53. The first-order valence-corrected chi connectivity index (χ1v) is 12.1. The van der Waals surface area contributed by atoms with Gasteiger partial charge in [0.05, 0.1) is 6.42 Å². The Balaban J connectivity index is 1.57. The molecular formula is C27H28N4O8. The quantitative estimate of drug-likeness (QED) is 0.203. The summed E-state index contributed by atoms with van der Waals surface area (Å²) in [6.45, 7) is 0. The number of amides is 3. The molecule has 0 fully saturated rings. The number of benzene rings is 2. The van der Waals surface area contributed by atoms with E-state index in [-0.39, 0.29) is 19.3 Å². The van der Waals surface area contributed by atoms with Gasteiger partial charge in [-0.15, -0.1) is 0 Å². The lowest BCUT2D eigenvalue weighted by molar-refractivity contribution is -0.141. The molecule has 0 aliphatic heterocycles. The molecule has 0 saturated heterocycles. The van der Waals surface area contributed by atoms with Crippen molar-refractivity contribution in [2.45, 2.75) is 44.2 Å². The zero-order valence-electron chi connectivity index (χ0n) is 20.8. The van der Waals surface area contributed by atoms with Gasteiger partial charge in [-0.05, 0) is 17.5 Å². The van der Waals surface area contributed by atoms with Crippen molar-refractivity contribution in [1.29, 1.82) is 0 Å². The molecule has 0 spiro atoms. The number of hydrogen-bond donors (Lipinski definition) is 5.